The van der Waals surface area contributed by atoms with Crippen molar-refractivity contribution in [1.29, 1.82) is 0 Å². The molecule has 0 spiro atoms. The van der Waals surface area contributed by atoms with Crippen molar-refractivity contribution < 1.29 is 0 Å². The molecular weight excluding hydrogens is 244 g/mol. The van der Waals surface area contributed by atoms with Crippen molar-refractivity contribution >= 4 is 38.7 Å². The summed E-state index contributed by atoms with van der Waals surface area (Å²) in [5, 5.41) is 1.67. The molecule has 1 aromatic rings. The van der Waals surface area contributed by atoms with E-state index in [9.17, 15) is 0 Å². The number of allylic oxidation sites excluding steroid dienone is 2. The van der Waals surface area contributed by atoms with Crippen LogP contribution < -0.4 is 0 Å². The van der Waals surface area contributed by atoms with Gasteiger partial charge in [-0.15, -0.1) is 17.9 Å². The maximum absolute atomic E-state index is 3.02. The number of fused-ring (bicyclic) bond motifs is 1. The molecule has 0 fully saturated rings. The third-order valence-corrected chi connectivity index (χ3v) is 13.1. The Labute approximate surface area is 93.0 Å². The Kier molecular flexibility index (Phi) is 3.73. The number of benzene rings is 1. The normalized spacial score (nSPS) is 17.9. The fraction of sp³-hybridized carbons (Fsp3) is 0.200. The summed E-state index contributed by atoms with van der Waals surface area (Å²) >= 11 is 0. The molecule has 0 saturated heterocycles. The summed E-state index contributed by atoms with van der Waals surface area (Å²) in [6.45, 7) is 2.27. The second-order valence-corrected chi connectivity index (χ2v) is 12.6. The highest BCUT2D eigenvalue weighted by atomic mass is 32.6. The van der Waals surface area contributed by atoms with E-state index < -0.39 is 0 Å². The van der Waals surface area contributed by atoms with Gasteiger partial charge in [0.25, 0.3) is 0 Å². The van der Waals surface area contributed by atoms with Crippen LogP contribution in [0.5, 0.6) is 0 Å². The van der Waals surface area contributed by atoms with Gasteiger partial charge in [-0.1, -0.05) is 32.2 Å². The molecule has 1 aliphatic rings. The van der Waals surface area contributed by atoms with Crippen molar-refractivity contribution in [2.24, 2.45) is 0 Å². The van der Waals surface area contributed by atoms with Crippen LogP contribution in [-0.2, 0) is 6.42 Å². The van der Waals surface area contributed by atoms with Gasteiger partial charge in [0.15, 0.2) is 0 Å². The van der Waals surface area contributed by atoms with Crippen molar-refractivity contribution in [1.82, 2.24) is 0 Å². The number of hydrogen-bond acceptors (Lipinski definition) is 0. The third-order valence-electron chi connectivity index (χ3n) is 2.64. The molecule has 2 rings (SSSR count). The molecule has 0 aliphatic heterocycles. The lowest BCUT2D eigenvalue weighted by molar-refractivity contribution is 1.29. The fourth-order valence-electron chi connectivity index (χ4n) is 1.85. The molecule has 0 saturated carbocycles. The number of hydrogen-bond donors (Lipinski definition) is 0. The van der Waals surface area contributed by atoms with Gasteiger partial charge in [-0.05, 0) is 42.7 Å². The van der Waals surface area contributed by atoms with E-state index in [-0.39, 0.29) is 7.30 Å². The van der Waals surface area contributed by atoms with Gasteiger partial charge in [0.1, 0.15) is 0 Å². The topological polar surface area (TPSA) is 0 Å². The Balaban J connectivity index is 2.39. The minimum atomic E-state index is 0.0219. The van der Waals surface area contributed by atoms with E-state index >= 15 is 0 Å². The standard InChI is InChI=1S/C10H14P4/c1-7-9-5-3-2-4-8(9)6-10(7)14(12)13-11/h2-5,13H,6,11-12H2,1H3. The fourth-order valence-corrected chi connectivity index (χ4v) is 6.30. The first-order valence-electron chi connectivity index (χ1n) is 4.53. The summed E-state index contributed by atoms with van der Waals surface area (Å²) in [5.74, 6) is 0. The lowest BCUT2D eigenvalue weighted by atomic mass is 10.1. The Morgan fingerprint density at radius 1 is 1.36 bits per heavy atom. The van der Waals surface area contributed by atoms with Gasteiger partial charge in [0, 0.05) is 0 Å². The van der Waals surface area contributed by atoms with Crippen molar-refractivity contribution in [3.8, 4) is 0 Å². The SMILES string of the molecule is CC1=C(P(P)PP)Cc2ccccc21. The first-order chi connectivity index (χ1) is 6.74. The van der Waals surface area contributed by atoms with Crippen LogP contribution in [0.15, 0.2) is 29.6 Å². The van der Waals surface area contributed by atoms with Gasteiger partial charge in [-0.2, -0.15) is 0 Å². The first-order valence-corrected chi connectivity index (χ1v) is 11.1. The minimum absolute atomic E-state index is 0.0219. The van der Waals surface area contributed by atoms with Gasteiger partial charge in [0.2, 0.25) is 0 Å². The molecule has 0 amide bonds. The molecule has 1 aliphatic carbocycles. The molecular formula is C10H14P4. The first kappa shape index (κ1) is 11.2. The van der Waals surface area contributed by atoms with Crippen LogP contribution >= 0.6 is 33.1 Å². The highest BCUT2D eigenvalue weighted by molar-refractivity contribution is 8.62. The zero-order valence-electron chi connectivity index (χ0n) is 8.12. The van der Waals surface area contributed by atoms with E-state index in [4.69, 9.17) is 0 Å². The highest BCUT2D eigenvalue weighted by Crippen LogP contribution is 2.73. The second kappa shape index (κ2) is 4.68. The van der Waals surface area contributed by atoms with Gasteiger partial charge in [-0.3, -0.25) is 0 Å². The Morgan fingerprint density at radius 3 is 2.71 bits per heavy atom. The van der Waals surface area contributed by atoms with Crippen molar-refractivity contribution in [3.63, 3.8) is 0 Å². The lowest BCUT2D eigenvalue weighted by Gasteiger charge is -2.11. The molecule has 74 valence electrons. The van der Waals surface area contributed by atoms with Crippen LogP contribution in [-0.4, -0.2) is 0 Å². The van der Waals surface area contributed by atoms with E-state index in [2.05, 4.69) is 49.0 Å². The molecule has 1 aromatic carbocycles. The van der Waals surface area contributed by atoms with Crippen molar-refractivity contribution in [2.45, 2.75) is 13.3 Å². The van der Waals surface area contributed by atoms with Crippen molar-refractivity contribution in [2.75, 3.05) is 0 Å². The van der Waals surface area contributed by atoms with Crippen LogP contribution in [0.4, 0.5) is 0 Å². The highest BCUT2D eigenvalue weighted by Gasteiger charge is 2.20. The average Bonchev–Trinajstić information content (AvgIpc) is 2.56. The van der Waals surface area contributed by atoms with Crippen LogP contribution in [0.1, 0.15) is 18.1 Å². The zero-order chi connectivity index (χ0) is 10.1. The molecule has 4 heteroatoms. The van der Waals surface area contributed by atoms with E-state index in [0.29, 0.717) is 0 Å². The lowest BCUT2D eigenvalue weighted by Crippen LogP contribution is -1.80. The molecule has 0 bridgehead atoms. The van der Waals surface area contributed by atoms with Crippen LogP contribution in [0.25, 0.3) is 5.57 Å². The predicted molar refractivity (Wildman–Crippen MR) is 77.4 cm³/mol. The van der Waals surface area contributed by atoms with Crippen LogP contribution in [0.3, 0.4) is 0 Å². The van der Waals surface area contributed by atoms with Crippen molar-refractivity contribution in [3.05, 3.63) is 40.7 Å². The summed E-state index contributed by atoms with van der Waals surface area (Å²) in [5.41, 5.74) is 4.51. The molecule has 14 heavy (non-hydrogen) atoms. The van der Waals surface area contributed by atoms with E-state index in [0.717, 1.165) is 7.96 Å². The summed E-state index contributed by atoms with van der Waals surface area (Å²) in [6.07, 6.45) is 1.18. The van der Waals surface area contributed by atoms with Gasteiger partial charge < -0.3 is 0 Å². The van der Waals surface area contributed by atoms with E-state index in [1.165, 1.54) is 23.1 Å². The molecule has 4 unspecified atom stereocenters. The quantitative estimate of drug-likeness (QED) is 0.678. The smallest absolute Gasteiger partial charge is 0.000596 e. The van der Waals surface area contributed by atoms with Gasteiger partial charge in [0.05, 0.1) is 0 Å². The molecule has 0 aromatic heterocycles. The maximum atomic E-state index is 3.02. The summed E-state index contributed by atoms with van der Waals surface area (Å²) in [6, 6.07) is 8.78. The van der Waals surface area contributed by atoms with Crippen LogP contribution in [0, 0.1) is 0 Å². The summed E-state index contributed by atoms with van der Waals surface area (Å²) in [7, 11) is 6.89. The molecule has 0 N–H and O–H groups in total. The summed E-state index contributed by atoms with van der Waals surface area (Å²) in [4.78, 5) is 0. The Bertz CT molecular complexity index is 383. The second-order valence-electron chi connectivity index (χ2n) is 3.40. The summed E-state index contributed by atoms with van der Waals surface area (Å²) < 4.78 is 0. The molecule has 0 radical (unpaired) electrons. The maximum Gasteiger partial charge on any atom is -0.000596 e. The Hall–Kier alpha value is 0.680. The van der Waals surface area contributed by atoms with Crippen LogP contribution in [0.2, 0.25) is 0 Å². The van der Waals surface area contributed by atoms with Gasteiger partial charge in [-0.25, -0.2) is 0 Å². The minimum Gasteiger partial charge on any atom is -0.109 e. The molecule has 0 nitrogen and oxygen atoms in total. The average molecular weight is 258 g/mol. The zero-order valence-corrected chi connectivity index (χ0v) is 12.3. The Morgan fingerprint density at radius 2 is 2.07 bits per heavy atom. The van der Waals surface area contributed by atoms with E-state index in [1.54, 1.807) is 5.31 Å². The molecule has 4 atom stereocenters. The number of rotatable bonds is 2. The van der Waals surface area contributed by atoms with E-state index in [1.807, 2.05) is 0 Å². The third kappa shape index (κ3) is 1.96. The largest absolute Gasteiger partial charge is 0.109 e. The predicted octanol–water partition coefficient (Wildman–Crippen LogP) is 4.63. The monoisotopic (exact) mass is 258 g/mol. The molecule has 0 heterocycles. The van der Waals surface area contributed by atoms with Gasteiger partial charge >= 0.3 is 0 Å².